The number of carbonyl (C=O) groups excluding carboxylic acids is 1. The van der Waals surface area contributed by atoms with Crippen LogP contribution in [0.15, 0.2) is 23.1 Å². The number of hydrogen-bond donors (Lipinski definition) is 1. The lowest BCUT2D eigenvalue weighted by atomic mass is 10.1. The number of rotatable bonds is 3. The van der Waals surface area contributed by atoms with E-state index in [-0.39, 0.29) is 23.3 Å². The van der Waals surface area contributed by atoms with Gasteiger partial charge in [0, 0.05) is 19.1 Å². The summed E-state index contributed by atoms with van der Waals surface area (Å²) >= 11 is 0. The van der Waals surface area contributed by atoms with Crippen LogP contribution in [0.5, 0.6) is 0 Å². The Kier molecular flexibility index (Phi) is 6.37. The van der Waals surface area contributed by atoms with Gasteiger partial charge in [0.2, 0.25) is 10.0 Å². The second kappa shape index (κ2) is 7.41. The van der Waals surface area contributed by atoms with Crippen LogP contribution in [-0.2, 0) is 14.8 Å². The van der Waals surface area contributed by atoms with E-state index in [0.29, 0.717) is 37.1 Å². The molecule has 0 atom stereocenters. The maximum Gasteiger partial charge on any atom is 0.337 e. The van der Waals surface area contributed by atoms with Crippen LogP contribution in [0.1, 0.15) is 28.8 Å². The summed E-state index contributed by atoms with van der Waals surface area (Å²) in [5, 5.41) is 0. The lowest BCUT2D eigenvalue weighted by Crippen LogP contribution is -2.42. The highest BCUT2D eigenvalue weighted by Crippen LogP contribution is 2.24. The smallest absolute Gasteiger partial charge is 0.337 e. The molecule has 1 aromatic carbocycles. The van der Waals surface area contributed by atoms with Crippen LogP contribution in [0.3, 0.4) is 0 Å². The molecule has 1 aromatic rings. The first kappa shape index (κ1) is 18.9. The molecule has 0 radical (unpaired) electrons. The van der Waals surface area contributed by atoms with Crippen molar-refractivity contribution in [1.82, 2.24) is 4.31 Å². The van der Waals surface area contributed by atoms with Gasteiger partial charge in [-0.05, 0) is 43.5 Å². The molecule has 22 heavy (non-hydrogen) atoms. The summed E-state index contributed by atoms with van der Waals surface area (Å²) in [5.41, 5.74) is 6.68. The van der Waals surface area contributed by atoms with Gasteiger partial charge in [-0.25, -0.2) is 13.2 Å². The van der Waals surface area contributed by atoms with Gasteiger partial charge in [0.05, 0.1) is 17.6 Å². The minimum absolute atomic E-state index is 0. The average molecular weight is 349 g/mol. The van der Waals surface area contributed by atoms with E-state index in [1.165, 1.54) is 29.6 Å². The van der Waals surface area contributed by atoms with Crippen LogP contribution >= 0.6 is 12.4 Å². The summed E-state index contributed by atoms with van der Waals surface area (Å²) < 4.78 is 31.4. The van der Waals surface area contributed by atoms with E-state index < -0.39 is 16.0 Å². The Balaban J connectivity index is 0.00000242. The van der Waals surface area contributed by atoms with Crippen molar-refractivity contribution in [3.63, 3.8) is 0 Å². The summed E-state index contributed by atoms with van der Waals surface area (Å²) in [5.74, 6) is -0.481. The van der Waals surface area contributed by atoms with Gasteiger partial charge in [0.1, 0.15) is 0 Å². The molecule has 0 saturated carbocycles. The number of halogens is 1. The molecule has 6 nitrogen and oxygen atoms in total. The molecule has 2 N–H and O–H groups in total. The van der Waals surface area contributed by atoms with Crippen molar-refractivity contribution >= 4 is 28.4 Å². The summed E-state index contributed by atoms with van der Waals surface area (Å²) in [6.07, 6.45) is 1.33. The third-order valence-electron chi connectivity index (χ3n) is 3.71. The number of esters is 1. The predicted molar refractivity (Wildman–Crippen MR) is 85.7 cm³/mol. The molecular weight excluding hydrogens is 328 g/mol. The van der Waals surface area contributed by atoms with Crippen LogP contribution in [0.25, 0.3) is 0 Å². The van der Waals surface area contributed by atoms with Crippen LogP contribution in [0, 0.1) is 6.92 Å². The van der Waals surface area contributed by atoms with E-state index in [2.05, 4.69) is 4.74 Å². The van der Waals surface area contributed by atoms with E-state index in [9.17, 15) is 13.2 Å². The van der Waals surface area contributed by atoms with Gasteiger partial charge in [-0.1, -0.05) is 0 Å². The van der Waals surface area contributed by atoms with Crippen molar-refractivity contribution in [1.29, 1.82) is 0 Å². The summed E-state index contributed by atoms with van der Waals surface area (Å²) in [7, 11) is -2.25. The quantitative estimate of drug-likeness (QED) is 0.832. The number of benzene rings is 1. The maximum absolute atomic E-state index is 12.6. The normalized spacial score (nSPS) is 16.9. The number of ether oxygens (including phenoxy) is 1. The van der Waals surface area contributed by atoms with Gasteiger partial charge in [-0.2, -0.15) is 4.31 Å². The van der Waals surface area contributed by atoms with Gasteiger partial charge in [-0.15, -0.1) is 12.4 Å². The number of hydrogen-bond acceptors (Lipinski definition) is 5. The monoisotopic (exact) mass is 348 g/mol. The van der Waals surface area contributed by atoms with Crippen molar-refractivity contribution in [2.24, 2.45) is 5.73 Å². The van der Waals surface area contributed by atoms with E-state index in [0.717, 1.165) is 0 Å². The topological polar surface area (TPSA) is 89.7 Å². The minimum atomic E-state index is -3.54. The fourth-order valence-corrected chi connectivity index (χ4v) is 4.11. The number of nitrogens with zero attached hydrogens (tertiary/aromatic N) is 1. The van der Waals surface area contributed by atoms with Crippen molar-refractivity contribution in [2.45, 2.75) is 30.7 Å². The number of carbonyl (C=O) groups is 1. The first-order valence-corrected chi connectivity index (χ1v) is 8.25. The number of aryl methyl sites for hydroxylation is 1. The minimum Gasteiger partial charge on any atom is -0.465 e. The van der Waals surface area contributed by atoms with Crippen molar-refractivity contribution in [3.05, 3.63) is 29.3 Å². The van der Waals surface area contributed by atoms with Gasteiger partial charge < -0.3 is 10.5 Å². The molecule has 0 amide bonds. The van der Waals surface area contributed by atoms with Gasteiger partial charge in [-0.3, -0.25) is 0 Å². The Bertz CT molecular complexity index is 640. The highest BCUT2D eigenvalue weighted by Gasteiger charge is 2.29. The third-order valence-corrected chi connectivity index (χ3v) is 5.77. The fourth-order valence-electron chi connectivity index (χ4n) is 2.44. The molecule has 0 aliphatic carbocycles. The number of nitrogens with two attached hydrogens (primary N) is 1. The first-order chi connectivity index (χ1) is 9.86. The van der Waals surface area contributed by atoms with E-state index in [1.54, 1.807) is 6.92 Å². The Morgan fingerprint density at radius 1 is 1.32 bits per heavy atom. The predicted octanol–water partition coefficient (Wildman–Crippen LogP) is 1.32. The SMILES string of the molecule is COC(=O)c1ccc(S(=O)(=O)N2CCC(N)CC2)c(C)c1.Cl. The van der Waals surface area contributed by atoms with Crippen LogP contribution in [0.2, 0.25) is 0 Å². The van der Waals surface area contributed by atoms with E-state index in [4.69, 9.17) is 5.73 Å². The zero-order valence-corrected chi connectivity index (χ0v) is 14.2. The third kappa shape index (κ3) is 3.78. The standard InChI is InChI=1S/C14H20N2O4S.ClH/c1-10-9-11(14(17)20-2)3-4-13(10)21(18,19)16-7-5-12(15)6-8-16;/h3-4,9,12H,5-8,15H2,1-2H3;1H. The summed E-state index contributed by atoms with van der Waals surface area (Å²) in [6.45, 7) is 2.54. The molecule has 1 fully saturated rings. The fraction of sp³-hybridized carbons (Fsp3) is 0.500. The first-order valence-electron chi connectivity index (χ1n) is 6.81. The molecule has 0 bridgehead atoms. The van der Waals surface area contributed by atoms with Crippen molar-refractivity contribution < 1.29 is 17.9 Å². The van der Waals surface area contributed by atoms with Crippen molar-refractivity contribution in [2.75, 3.05) is 20.2 Å². The van der Waals surface area contributed by atoms with Gasteiger partial charge in [0.15, 0.2) is 0 Å². The second-order valence-corrected chi connectivity index (χ2v) is 7.12. The zero-order valence-electron chi connectivity index (χ0n) is 12.6. The van der Waals surface area contributed by atoms with Crippen LogP contribution in [0.4, 0.5) is 0 Å². The molecule has 1 aliphatic heterocycles. The zero-order chi connectivity index (χ0) is 15.6. The number of sulfonamides is 1. The van der Waals surface area contributed by atoms with Gasteiger partial charge >= 0.3 is 5.97 Å². The van der Waals surface area contributed by atoms with E-state index >= 15 is 0 Å². The second-order valence-electron chi connectivity index (χ2n) is 5.21. The molecule has 0 unspecified atom stereocenters. The molecule has 1 saturated heterocycles. The van der Waals surface area contributed by atoms with E-state index in [1.807, 2.05) is 0 Å². The highest BCUT2D eigenvalue weighted by molar-refractivity contribution is 7.89. The Labute approximate surface area is 137 Å². The number of piperidine rings is 1. The lowest BCUT2D eigenvalue weighted by Gasteiger charge is -2.29. The van der Waals surface area contributed by atoms with Crippen molar-refractivity contribution in [3.8, 4) is 0 Å². The van der Waals surface area contributed by atoms with Crippen LogP contribution < -0.4 is 5.73 Å². The Morgan fingerprint density at radius 2 is 1.91 bits per heavy atom. The van der Waals surface area contributed by atoms with Crippen LogP contribution in [-0.4, -0.2) is 44.9 Å². The molecule has 2 rings (SSSR count). The maximum atomic E-state index is 12.6. The molecule has 0 aromatic heterocycles. The Hall–Kier alpha value is -1.15. The summed E-state index contributed by atoms with van der Waals surface area (Å²) in [4.78, 5) is 11.7. The largest absolute Gasteiger partial charge is 0.465 e. The molecule has 0 spiro atoms. The molecule has 1 aliphatic rings. The Morgan fingerprint density at radius 3 is 2.41 bits per heavy atom. The molecule has 124 valence electrons. The lowest BCUT2D eigenvalue weighted by molar-refractivity contribution is 0.0600. The number of methoxy groups -OCH3 is 1. The average Bonchev–Trinajstić information content (AvgIpc) is 2.46. The molecule has 8 heteroatoms. The summed E-state index contributed by atoms with van der Waals surface area (Å²) in [6, 6.07) is 4.54. The van der Waals surface area contributed by atoms with Gasteiger partial charge in [0.25, 0.3) is 0 Å². The molecular formula is C14H21ClN2O4S. The highest BCUT2D eigenvalue weighted by atomic mass is 35.5. The molecule has 1 heterocycles.